The van der Waals surface area contributed by atoms with E-state index in [1.165, 1.54) is 24.2 Å². The third-order valence-corrected chi connectivity index (χ3v) is 3.98. The van der Waals surface area contributed by atoms with Gasteiger partial charge < -0.3 is 14.7 Å². The van der Waals surface area contributed by atoms with Gasteiger partial charge in [0.25, 0.3) is 0 Å². The van der Waals surface area contributed by atoms with Crippen LogP contribution < -0.4 is 4.74 Å². The van der Waals surface area contributed by atoms with Gasteiger partial charge in [-0.1, -0.05) is 11.6 Å². The third-order valence-electron chi connectivity index (χ3n) is 3.78. The zero-order valence-electron chi connectivity index (χ0n) is 12.3. The fourth-order valence-corrected chi connectivity index (χ4v) is 2.77. The largest absolute Gasteiger partial charge is 0.472 e. The molecule has 0 spiro atoms. The van der Waals surface area contributed by atoms with E-state index in [-0.39, 0.29) is 23.6 Å². The quantitative estimate of drug-likeness (QED) is 0.684. The molecule has 1 aliphatic heterocycles. The summed E-state index contributed by atoms with van der Waals surface area (Å²) in [5.41, 5.74) is 0.440. The van der Waals surface area contributed by atoms with E-state index in [4.69, 9.17) is 21.4 Å². The molecule has 0 aromatic carbocycles. The molecule has 0 bridgehead atoms. The fraction of sp³-hybridized carbons (Fsp3) is 0.333. The number of carbonyl (C=O) groups is 2. The van der Waals surface area contributed by atoms with Crippen molar-refractivity contribution in [3.8, 4) is 5.88 Å². The summed E-state index contributed by atoms with van der Waals surface area (Å²) >= 11 is 5.92. The Bertz CT molecular complexity index is 796. The number of ether oxygens (including phenoxy) is 1. The molecule has 1 aliphatic rings. The van der Waals surface area contributed by atoms with Gasteiger partial charge in [-0.3, -0.25) is 4.79 Å². The van der Waals surface area contributed by atoms with Gasteiger partial charge in [-0.25, -0.2) is 14.8 Å². The van der Waals surface area contributed by atoms with Crippen LogP contribution in [0.1, 0.15) is 23.7 Å². The van der Waals surface area contributed by atoms with Crippen molar-refractivity contribution in [2.75, 3.05) is 13.1 Å². The zero-order chi connectivity index (χ0) is 16.6. The first-order valence-corrected chi connectivity index (χ1v) is 7.43. The second-order valence-corrected chi connectivity index (χ2v) is 5.73. The highest BCUT2D eigenvalue weighted by Gasteiger charge is 2.28. The molecule has 1 saturated heterocycles. The lowest BCUT2D eigenvalue weighted by atomic mass is 10.1. The van der Waals surface area contributed by atoms with E-state index >= 15 is 0 Å². The van der Waals surface area contributed by atoms with Crippen LogP contribution >= 0.6 is 11.6 Å². The Hall–Kier alpha value is -2.41. The number of nitrogens with zero attached hydrogens (tertiary/aromatic N) is 3. The Kier molecular flexibility index (Phi) is 4.04. The van der Waals surface area contributed by atoms with E-state index in [1.54, 1.807) is 6.07 Å². The van der Waals surface area contributed by atoms with Gasteiger partial charge in [0.1, 0.15) is 11.3 Å². The van der Waals surface area contributed by atoms with Crippen molar-refractivity contribution in [1.82, 2.24) is 14.9 Å². The normalized spacial score (nSPS) is 17.5. The van der Waals surface area contributed by atoms with Crippen molar-refractivity contribution in [3.63, 3.8) is 0 Å². The number of hydrogen-bond acceptors (Lipinski definition) is 5. The number of carbonyl (C=O) groups excluding carboxylic acids is 1. The van der Waals surface area contributed by atoms with Crippen LogP contribution in [0.5, 0.6) is 5.88 Å². The van der Waals surface area contributed by atoms with Crippen LogP contribution in [0.15, 0.2) is 18.5 Å². The standard InChI is InChI=1S/C15H14ClN3O4/c1-8(20)11-5-18-14(12-6-17-13(16)4-10(11)12)23-9-2-3-19(7-9)15(21)22/h4-6,9H,2-3,7H2,1H3,(H,21,22)/t9-/m0/s1. The van der Waals surface area contributed by atoms with Crippen LogP contribution in [0.25, 0.3) is 10.8 Å². The number of Topliss-reactive ketones (excluding diaryl/α,β-unsaturated/α-hetero) is 1. The van der Waals surface area contributed by atoms with E-state index < -0.39 is 6.09 Å². The van der Waals surface area contributed by atoms with Crippen LogP contribution in [0, 0.1) is 0 Å². The molecule has 0 saturated carbocycles. The predicted octanol–water partition coefficient (Wildman–Crippen LogP) is 2.62. The number of carboxylic acid groups (broad SMARTS) is 1. The molecule has 0 radical (unpaired) electrons. The summed E-state index contributed by atoms with van der Waals surface area (Å²) in [7, 11) is 0. The van der Waals surface area contributed by atoms with Crippen LogP contribution in [0.2, 0.25) is 5.15 Å². The molecule has 2 aromatic rings. The Labute approximate surface area is 136 Å². The number of pyridine rings is 2. The number of amides is 1. The lowest BCUT2D eigenvalue weighted by Gasteiger charge is -2.15. The molecular weight excluding hydrogens is 322 g/mol. The van der Waals surface area contributed by atoms with E-state index in [1.807, 2.05) is 0 Å². The molecule has 1 atom stereocenters. The Morgan fingerprint density at radius 3 is 2.78 bits per heavy atom. The molecular formula is C15H14ClN3O4. The molecule has 1 fully saturated rings. The maximum Gasteiger partial charge on any atom is 0.407 e. The highest BCUT2D eigenvalue weighted by Crippen LogP contribution is 2.29. The summed E-state index contributed by atoms with van der Waals surface area (Å²) in [6.45, 7) is 2.16. The number of rotatable bonds is 3. The molecule has 23 heavy (non-hydrogen) atoms. The lowest BCUT2D eigenvalue weighted by molar-refractivity contribution is 0.101. The minimum atomic E-state index is -0.964. The molecule has 2 aromatic heterocycles. The van der Waals surface area contributed by atoms with Crippen molar-refractivity contribution >= 4 is 34.2 Å². The Morgan fingerprint density at radius 1 is 1.35 bits per heavy atom. The van der Waals surface area contributed by atoms with Crippen LogP contribution in [0.3, 0.4) is 0 Å². The average Bonchev–Trinajstić information content (AvgIpc) is 2.95. The number of likely N-dealkylation sites (tertiary alicyclic amines) is 1. The summed E-state index contributed by atoms with van der Waals surface area (Å²) in [6.07, 6.45) is 2.30. The number of aromatic nitrogens is 2. The summed E-state index contributed by atoms with van der Waals surface area (Å²) in [4.78, 5) is 32.2. The molecule has 0 unspecified atom stereocenters. The van der Waals surface area contributed by atoms with Gasteiger partial charge >= 0.3 is 6.09 Å². The minimum absolute atomic E-state index is 0.130. The molecule has 8 heteroatoms. The summed E-state index contributed by atoms with van der Waals surface area (Å²) in [5.74, 6) is 0.195. The van der Waals surface area contributed by atoms with Crippen LogP contribution in [-0.2, 0) is 0 Å². The van der Waals surface area contributed by atoms with Crippen LogP contribution in [-0.4, -0.2) is 51.0 Å². The molecule has 120 valence electrons. The summed E-state index contributed by atoms with van der Waals surface area (Å²) in [6, 6.07) is 1.60. The van der Waals surface area contributed by atoms with E-state index in [0.717, 1.165) is 0 Å². The van der Waals surface area contributed by atoms with Gasteiger partial charge in [-0.2, -0.15) is 0 Å². The van der Waals surface area contributed by atoms with Crippen molar-refractivity contribution in [2.24, 2.45) is 0 Å². The van der Waals surface area contributed by atoms with E-state index in [2.05, 4.69) is 9.97 Å². The predicted molar refractivity (Wildman–Crippen MR) is 83.2 cm³/mol. The minimum Gasteiger partial charge on any atom is -0.472 e. The molecule has 3 heterocycles. The average molecular weight is 336 g/mol. The molecule has 0 aliphatic carbocycles. The summed E-state index contributed by atoms with van der Waals surface area (Å²) < 4.78 is 5.83. The lowest BCUT2D eigenvalue weighted by Crippen LogP contribution is -2.29. The second-order valence-electron chi connectivity index (χ2n) is 5.34. The molecule has 7 nitrogen and oxygen atoms in total. The fourth-order valence-electron chi connectivity index (χ4n) is 2.62. The summed E-state index contributed by atoms with van der Waals surface area (Å²) in [5, 5.41) is 10.5. The van der Waals surface area contributed by atoms with Crippen molar-refractivity contribution < 1.29 is 19.4 Å². The number of halogens is 1. The topological polar surface area (TPSA) is 92.6 Å². The first-order chi connectivity index (χ1) is 11.0. The van der Waals surface area contributed by atoms with E-state index in [0.29, 0.717) is 35.2 Å². The van der Waals surface area contributed by atoms with Crippen molar-refractivity contribution in [1.29, 1.82) is 0 Å². The molecule has 3 rings (SSSR count). The highest BCUT2D eigenvalue weighted by atomic mass is 35.5. The SMILES string of the molecule is CC(=O)c1cnc(O[C@H]2CCN(C(=O)O)C2)c2cnc(Cl)cc12. The van der Waals surface area contributed by atoms with Gasteiger partial charge in [0.2, 0.25) is 5.88 Å². The number of fused-ring (bicyclic) bond motifs is 1. The Balaban J connectivity index is 1.95. The number of ketones is 1. The first-order valence-electron chi connectivity index (χ1n) is 7.05. The van der Waals surface area contributed by atoms with E-state index in [9.17, 15) is 9.59 Å². The maximum absolute atomic E-state index is 11.7. The van der Waals surface area contributed by atoms with Gasteiger partial charge in [-0.05, 0) is 13.0 Å². The number of hydrogen-bond donors (Lipinski definition) is 1. The molecule has 1 amide bonds. The Morgan fingerprint density at radius 2 is 2.13 bits per heavy atom. The molecule has 1 N–H and O–H groups in total. The van der Waals surface area contributed by atoms with Gasteiger partial charge in [0.05, 0.1) is 11.9 Å². The van der Waals surface area contributed by atoms with Crippen molar-refractivity contribution in [3.05, 3.63) is 29.2 Å². The maximum atomic E-state index is 11.7. The first kappa shape index (κ1) is 15.5. The third kappa shape index (κ3) is 3.05. The smallest absolute Gasteiger partial charge is 0.407 e. The van der Waals surface area contributed by atoms with Gasteiger partial charge in [0, 0.05) is 36.3 Å². The van der Waals surface area contributed by atoms with Crippen molar-refractivity contribution in [2.45, 2.75) is 19.4 Å². The van der Waals surface area contributed by atoms with Gasteiger partial charge in [0.15, 0.2) is 5.78 Å². The zero-order valence-corrected chi connectivity index (χ0v) is 13.1. The monoisotopic (exact) mass is 335 g/mol. The van der Waals surface area contributed by atoms with Crippen LogP contribution in [0.4, 0.5) is 4.79 Å². The highest BCUT2D eigenvalue weighted by molar-refractivity contribution is 6.30. The second kappa shape index (κ2) is 6.00. The van der Waals surface area contributed by atoms with Gasteiger partial charge in [-0.15, -0.1) is 0 Å².